The van der Waals surface area contributed by atoms with Crippen LogP contribution in [0.5, 0.6) is 0 Å². The number of nitrogens with one attached hydrogen (secondary N) is 1. The van der Waals surface area contributed by atoms with E-state index in [1.165, 1.54) is 12.5 Å². The number of rotatable bonds is 2. The zero-order valence-corrected chi connectivity index (χ0v) is 9.64. The van der Waals surface area contributed by atoms with Crippen molar-refractivity contribution in [3.8, 4) is 0 Å². The van der Waals surface area contributed by atoms with Crippen LogP contribution in [-0.4, -0.2) is 12.2 Å². The van der Waals surface area contributed by atoms with Crippen LogP contribution in [0.2, 0.25) is 0 Å². The molecule has 1 aromatic carbocycles. The maximum atomic E-state index is 12.0. The van der Waals surface area contributed by atoms with E-state index in [0.717, 1.165) is 5.56 Å². The first kappa shape index (κ1) is 11.8. The number of benzene rings is 1. The van der Waals surface area contributed by atoms with Crippen LogP contribution in [0.25, 0.3) is 11.0 Å². The van der Waals surface area contributed by atoms with Gasteiger partial charge in [-0.3, -0.25) is 4.79 Å². The molecule has 2 aromatic rings. The van der Waals surface area contributed by atoms with Crippen LogP contribution < -0.4 is 16.6 Å². The van der Waals surface area contributed by atoms with E-state index in [-0.39, 0.29) is 11.0 Å². The summed E-state index contributed by atoms with van der Waals surface area (Å²) in [5.41, 5.74) is 8.38. The number of amides is 2. The second-order valence-electron chi connectivity index (χ2n) is 3.75. The van der Waals surface area contributed by atoms with Crippen LogP contribution in [-0.2, 0) is 0 Å². The molecule has 18 heavy (non-hydrogen) atoms. The summed E-state index contributed by atoms with van der Waals surface area (Å²) in [7, 11) is 0. The molecule has 3 N–H and O–H groups in total. The highest BCUT2D eigenvalue weighted by Crippen LogP contribution is 2.12. The fraction of sp³-hybridized carbons (Fsp3) is 0.0833. The molecule has 0 fully saturated rings. The lowest BCUT2D eigenvalue weighted by Crippen LogP contribution is -2.24. The molecule has 6 heteroatoms. The van der Waals surface area contributed by atoms with Gasteiger partial charge in [-0.15, -0.1) is 0 Å². The highest BCUT2D eigenvalue weighted by Gasteiger charge is 2.05. The van der Waals surface area contributed by atoms with Gasteiger partial charge in [0.15, 0.2) is 0 Å². The summed E-state index contributed by atoms with van der Waals surface area (Å²) in [6, 6.07) is 4.49. The van der Waals surface area contributed by atoms with Gasteiger partial charge in [0.2, 0.25) is 5.43 Å². The largest absolute Gasteiger partial charge is 0.463 e. The predicted octanol–water partition coefficient (Wildman–Crippen LogP) is 1.10. The number of carbonyl (C=O) groups is 1. The van der Waals surface area contributed by atoms with E-state index in [0.29, 0.717) is 11.0 Å². The number of urea groups is 1. The van der Waals surface area contributed by atoms with Gasteiger partial charge in [0.25, 0.3) is 0 Å². The van der Waals surface area contributed by atoms with Crippen LogP contribution in [0.1, 0.15) is 11.1 Å². The summed E-state index contributed by atoms with van der Waals surface area (Å²) >= 11 is 0. The smallest absolute Gasteiger partial charge is 0.332 e. The summed E-state index contributed by atoms with van der Waals surface area (Å²) in [6.07, 6.45) is 2.48. The van der Waals surface area contributed by atoms with Gasteiger partial charge >= 0.3 is 6.03 Å². The number of carbonyl (C=O) groups excluding carboxylic acids is 1. The molecule has 0 radical (unpaired) electrons. The molecule has 2 amide bonds. The Morgan fingerprint density at radius 2 is 2.28 bits per heavy atom. The zero-order chi connectivity index (χ0) is 13.1. The average Bonchev–Trinajstić information content (AvgIpc) is 2.31. The summed E-state index contributed by atoms with van der Waals surface area (Å²) in [4.78, 5) is 22.4. The van der Waals surface area contributed by atoms with Crippen molar-refractivity contribution < 1.29 is 9.21 Å². The number of primary amides is 1. The number of nitrogens with two attached hydrogens (primary N) is 1. The number of aryl methyl sites for hydroxylation is 1. The molecule has 0 saturated carbocycles. The minimum atomic E-state index is -0.799. The summed E-state index contributed by atoms with van der Waals surface area (Å²) in [5, 5.41) is 3.98. The van der Waals surface area contributed by atoms with Crippen molar-refractivity contribution in [1.82, 2.24) is 5.43 Å². The monoisotopic (exact) mass is 245 g/mol. The van der Waals surface area contributed by atoms with Crippen molar-refractivity contribution in [3.05, 3.63) is 45.8 Å². The van der Waals surface area contributed by atoms with Crippen molar-refractivity contribution in [1.29, 1.82) is 0 Å². The van der Waals surface area contributed by atoms with Crippen molar-refractivity contribution in [2.45, 2.75) is 6.92 Å². The predicted molar refractivity (Wildman–Crippen MR) is 67.5 cm³/mol. The first-order chi connectivity index (χ1) is 8.58. The number of hydrogen-bond acceptors (Lipinski definition) is 4. The Hall–Kier alpha value is -2.63. The van der Waals surface area contributed by atoms with E-state index in [1.807, 2.05) is 18.4 Å². The van der Waals surface area contributed by atoms with Crippen LogP contribution in [0.3, 0.4) is 0 Å². The van der Waals surface area contributed by atoms with Crippen molar-refractivity contribution in [2.75, 3.05) is 0 Å². The Morgan fingerprint density at radius 1 is 1.50 bits per heavy atom. The van der Waals surface area contributed by atoms with Gasteiger partial charge in [0.1, 0.15) is 11.8 Å². The van der Waals surface area contributed by atoms with Gasteiger partial charge in [0, 0.05) is 0 Å². The molecule has 0 atom stereocenters. The first-order valence-corrected chi connectivity index (χ1v) is 5.18. The van der Waals surface area contributed by atoms with E-state index in [1.54, 1.807) is 12.1 Å². The Kier molecular flexibility index (Phi) is 3.09. The molecule has 2 rings (SSSR count). The Balaban J connectivity index is 2.45. The second-order valence-corrected chi connectivity index (χ2v) is 3.75. The van der Waals surface area contributed by atoms with Crippen LogP contribution in [0.4, 0.5) is 4.79 Å². The molecule has 0 aliphatic rings. The number of hydrazone groups is 1. The third-order valence-corrected chi connectivity index (χ3v) is 2.34. The number of hydrogen-bond donors (Lipinski definition) is 2. The average molecular weight is 245 g/mol. The molecule has 0 aliphatic carbocycles. The molecule has 0 aliphatic heterocycles. The van der Waals surface area contributed by atoms with Crippen LogP contribution in [0, 0.1) is 6.92 Å². The Labute approximate surface area is 102 Å². The zero-order valence-electron chi connectivity index (χ0n) is 9.64. The van der Waals surface area contributed by atoms with Crippen molar-refractivity contribution in [2.24, 2.45) is 10.8 Å². The van der Waals surface area contributed by atoms with Gasteiger partial charge < -0.3 is 10.2 Å². The Bertz CT molecular complexity index is 689. The second kappa shape index (κ2) is 4.70. The minimum Gasteiger partial charge on any atom is -0.463 e. The van der Waals surface area contributed by atoms with E-state index in [4.69, 9.17) is 10.2 Å². The van der Waals surface area contributed by atoms with Gasteiger partial charge in [-0.05, 0) is 24.6 Å². The lowest BCUT2D eigenvalue weighted by atomic mass is 10.1. The first-order valence-electron chi connectivity index (χ1n) is 5.18. The summed E-state index contributed by atoms with van der Waals surface area (Å²) in [5.74, 6) is 0. The normalized spacial score (nSPS) is 10.9. The lowest BCUT2D eigenvalue weighted by Gasteiger charge is -1.99. The maximum Gasteiger partial charge on any atom is 0.332 e. The Morgan fingerprint density at radius 3 is 3.00 bits per heavy atom. The molecular formula is C12H11N3O3. The molecule has 1 heterocycles. The van der Waals surface area contributed by atoms with Crippen molar-refractivity contribution >= 4 is 23.2 Å². The molecule has 0 saturated heterocycles. The van der Waals surface area contributed by atoms with Crippen LogP contribution >= 0.6 is 0 Å². The highest BCUT2D eigenvalue weighted by atomic mass is 16.3. The number of fused-ring (bicyclic) bond motifs is 1. The topological polar surface area (TPSA) is 97.7 Å². The van der Waals surface area contributed by atoms with E-state index in [2.05, 4.69) is 5.10 Å². The highest BCUT2D eigenvalue weighted by molar-refractivity contribution is 5.87. The van der Waals surface area contributed by atoms with Crippen LogP contribution in [0.15, 0.2) is 38.8 Å². The van der Waals surface area contributed by atoms with E-state index >= 15 is 0 Å². The molecule has 0 spiro atoms. The molecular weight excluding hydrogens is 234 g/mol. The molecule has 92 valence electrons. The van der Waals surface area contributed by atoms with Gasteiger partial charge in [0.05, 0.1) is 17.2 Å². The molecule has 0 unspecified atom stereocenters. The van der Waals surface area contributed by atoms with E-state index < -0.39 is 6.03 Å². The summed E-state index contributed by atoms with van der Waals surface area (Å²) < 4.78 is 5.33. The van der Waals surface area contributed by atoms with E-state index in [9.17, 15) is 9.59 Å². The molecule has 6 nitrogen and oxygen atoms in total. The maximum absolute atomic E-state index is 12.0. The van der Waals surface area contributed by atoms with Crippen molar-refractivity contribution in [3.63, 3.8) is 0 Å². The lowest BCUT2D eigenvalue weighted by molar-refractivity contribution is 0.249. The number of nitrogens with zero attached hydrogens (tertiary/aromatic N) is 1. The SMILES string of the molecule is Cc1ccc2c(=O)c(/C=N/NC(N)=O)coc2c1. The standard InChI is InChI=1S/C12H11N3O3/c1-7-2-3-9-10(4-7)18-6-8(11(9)16)5-14-15-12(13)17/h2-6H,1H3,(H3,13,15,17)/b14-5+. The van der Waals surface area contributed by atoms with Gasteiger partial charge in [-0.25, -0.2) is 10.2 Å². The fourth-order valence-corrected chi connectivity index (χ4v) is 1.51. The summed E-state index contributed by atoms with van der Waals surface area (Å²) in [6.45, 7) is 1.91. The molecule has 0 bridgehead atoms. The minimum absolute atomic E-state index is 0.216. The van der Waals surface area contributed by atoms with Gasteiger partial charge in [-0.2, -0.15) is 5.10 Å². The third kappa shape index (κ3) is 2.37. The molecule has 1 aromatic heterocycles. The fourth-order valence-electron chi connectivity index (χ4n) is 1.51. The third-order valence-electron chi connectivity index (χ3n) is 2.34. The quantitative estimate of drug-likeness (QED) is 0.612. The van der Waals surface area contributed by atoms with Gasteiger partial charge in [-0.1, -0.05) is 6.07 Å².